The number of ether oxygens (including phenoxy) is 1. The Morgan fingerprint density at radius 3 is 2.67 bits per heavy atom. The Hall–Kier alpha value is -2.01. The van der Waals surface area contributed by atoms with E-state index in [4.69, 9.17) is 4.74 Å². The Bertz CT molecular complexity index is 720. The van der Waals surface area contributed by atoms with Gasteiger partial charge in [-0.05, 0) is 36.9 Å². The number of fused-ring (bicyclic) bond motifs is 1. The van der Waals surface area contributed by atoms with Gasteiger partial charge >= 0.3 is 0 Å². The molecule has 1 aliphatic heterocycles. The lowest BCUT2D eigenvalue weighted by Crippen LogP contribution is -2.46. The number of benzene rings is 2. The third kappa shape index (κ3) is 3.41. The van der Waals surface area contributed by atoms with Crippen LogP contribution in [0.15, 0.2) is 48.5 Å². The van der Waals surface area contributed by atoms with E-state index in [1.807, 2.05) is 37.4 Å². The monoisotopic (exact) mass is 345 g/mol. The van der Waals surface area contributed by atoms with Gasteiger partial charge in [0.1, 0.15) is 18.2 Å². The molecule has 0 radical (unpaired) electrons. The maximum Gasteiger partial charge on any atom is 0.227 e. The molecule has 24 heavy (non-hydrogen) atoms. The summed E-state index contributed by atoms with van der Waals surface area (Å²) in [5.74, 6) is 0.166. The topological polar surface area (TPSA) is 38.3 Å². The molecule has 5 heteroatoms. The molecule has 0 bridgehead atoms. The summed E-state index contributed by atoms with van der Waals surface area (Å²) in [7, 11) is 0. The van der Waals surface area contributed by atoms with Crippen LogP contribution in [0.2, 0.25) is 0 Å². The van der Waals surface area contributed by atoms with Crippen LogP contribution in [-0.2, 0) is 4.79 Å². The van der Waals surface area contributed by atoms with Crippen LogP contribution in [0, 0.1) is 5.82 Å². The lowest BCUT2D eigenvalue weighted by Gasteiger charge is -2.33. The Morgan fingerprint density at radius 1 is 1.25 bits per heavy atom. The highest BCUT2D eigenvalue weighted by Crippen LogP contribution is 2.39. The van der Waals surface area contributed by atoms with Gasteiger partial charge in [0.15, 0.2) is 0 Å². The third-order valence-corrected chi connectivity index (χ3v) is 5.44. The van der Waals surface area contributed by atoms with Gasteiger partial charge in [0.25, 0.3) is 0 Å². The highest BCUT2D eigenvalue weighted by atomic mass is 32.2. The minimum absolute atomic E-state index is 0.0753. The van der Waals surface area contributed by atoms with Crippen molar-refractivity contribution in [3.8, 4) is 5.75 Å². The second-order valence-electron chi connectivity index (χ2n) is 5.89. The number of carbonyl (C=O) groups is 1. The number of thioether (sulfide) groups is 1. The van der Waals surface area contributed by atoms with Gasteiger partial charge in [-0.2, -0.15) is 11.8 Å². The molecule has 0 aromatic heterocycles. The molecule has 126 valence electrons. The normalized spacial score (nSPS) is 20.6. The van der Waals surface area contributed by atoms with Crippen molar-refractivity contribution in [2.45, 2.75) is 24.1 Å². The van der Waals surface area contributed by atoms with Gasteiger partial charge in [-0.1, -0.05) is 30.3 Å². The zero-order valence-corrected chi connectivity index (χ0v) is 14.5. The van der Waals surface area contributed by atoms with E-state index in [2.05, 4.69) is 5.32 Å². The summed E-state index contributed by atoms with van der Waals surface area (Å²) < 4.78 is 18.8. The van der Waals surface area contributed by atoms with Crippen molar-refractivity contribution in [1.82, 2.24) is 5.32 Å². The fourth-order valence-electron chi connectivity index (χ4n) is 2.95. The summed E-state index contributed by atoms with van der Waals surface area (Å²) in [5, 5.41) is 3.25. The molecule has 1 N–H and O–H groups in total. The van der Waals surface area contributed by atoms with E-state index in [1.165, 1.54) is 12.1 Å². The summed E-state index contributed by atoms with van der Waals surface area (Å²) in [6.45, 7) is 2.28. The van der Waals surface area contributed by atoms with E-state index in [9.17, 15) is 9.18 Å². The van der Waals surface area contributed by atoms with Crippen molar-refractivity contribution in [1.29, 1.82) is 0 Å². The number of rotatable bonds is 4. The first kappa shape index (κ1) is 16.8. The molecule has 2 unspecified atom stereocenters. The molecule has 1 amide bonds. The smallest absolute Gasteiger partial charge is 0.227 e. The highest BCUT2D eigenvalue weighted by molar-refractivity contribution is 7.98. The van der Waals surface area contributed by atoms with Crippen LogP contribution in [-0.4, -0.2) is 24.8 Å². The summed E-state index contributed by atoms with van der Waals surface area (Å²) in [4.78, 5) is 12.6. The van der Waals surface area contributed by atoms with Gasteiger partial charge in [-0.15, -0.1) is 0 Å². The largest absolute Gasteiger partial charge is 0.491 e. The molecular formula is C19H20FNO2S. The molecule has 1 aliphatic rings. The van der Waals surface area contributed by atoms with Crippen LogP contribution in [0.25, 0.3) is 0 Å². The average molecular weight is 345 g/mol. The van der Waals surface area contributed by atoms with E-state index in [-0.39, 0.29) is 28.9 Å². The van der Waals surface area contributed by atoms with Gasteiger partial charge < -0.3 is 10.1 Å². The number of nitrogens with one attached hydrogen (secondary N) is 1. The fraction of sp³-hybridized carbons (Fsp3) is 0.316. The molecule has 3 rings (SSSR count). The molecule has 3 nitrogen and oxygen atoms in total. The van der Waals surface area contributed by atoms with Crippen molar-refractivity contribution < 1.29 is 13.9 Å². The zero-order valence-electron chi connectivity index (χ0n) is 13.7. The van der Waals surface area contributed by atoms with Crippen LogP contribution in [0.5, 0.6) is 5.75 Å². The lowest BCUT2D eigenvalue weighted by atomic mass is 9.98. The number of hydrogen-bond donors (Lipinski definition) is 1. The Morgan fingerprint density at radius 2 is 1.96 bits per heavy atom. The quantitative estimate of drug-likeness (QED) is 0.913. The molecule has 2 aromatic carbocycles. The molecule has 2 aromatic rings. The molecule has 0 aliphatic carbocycles. The molecule has 0 saturated carbocycles. The summed E-state index contributed by atoms with van der Waals surface area (Å²) in [5.41, 5.74) is 1.91. The first-order valence-corrected chi connectivity index (χ1v) is 9.19. The van der Waals surface area contributed by atoms with Crippen LogP contribution < -0.4 is 10.1 Å². The highest BCUT2D eigenvalue weighted by Gasteiger charge is 2.32. The number of halogens is 1. The van der Waals surface area contributed by atoms with E-state index in [0.29, 0.717) is 6.61 Å². The SMILES string of the molecule is CSC1c2ccccc2OCC1NC(=O)[C@@H](C)c1ccc(F)cc1. The van der Waals surface area contributed by atoms with Crippen LogP contribution in [0.3, 0.4) is 0 Å². The van der Waals surface area contributed by atoms with Gasteiger partial charge in [0, 0.05) is 5.56 Å². The van der Waals surface area contributed by atoms with E-state index >= 15 is 0 Å². The second kappa shape index (κ2) is 7.26. The second-order valence-corrected chi connectivity index (χ2v) is 6.87. The van der Waals surface area contributed by atoms with Crippen molar-refractivity contribution in [3.05, 3.63) is 65.5 Å². The Kier molecular flexibility index (Phi) is 5.09. The maximum absolute atomic E-state index is 13.0. The minimum Gasteiger partial charge on any atom is -0.491 e. The van der Waals surface area contributed by atoms with Crippen molar-refractivity contribution >= 4 is 17.7 Å². The molecular weight excluding hydrogens is 325 g/mol. The van der Waals surface area contributed by atoms with Crippen LogP contribution in [0.1, 0.15) is 29.2 Å². The van der Waals surface area contributed by atoms with E-state index in [1.54, 1.807) is 23.9 Å². The molecule has 1 heterocycles. The van der Waals surface area contributed by atoms with Gasteiger partial charge in [0.2, 0.25) is 5.91 Å². The zero-order chi connectivity index (χ0) is 17.1. The number of carbonyl (C=O) groups excluding carboxylic acids is 1. The molecule has 0 spiro atoms. The lowest BCUT2D eigenvalue weighted by molar-refractivity contribution is -0.123. The molecule has 3 atom stereocenters. The van der Waals surface area contributed by atoms with Crippen LogP contribution in [0.4, 0.5) is 4.39 Å². The van der Waals surface area contributed by atoms with Crippen molar-refractivity contribution in [2.24, 2.45) is 0 Å². The first-order chi connectivity index (χ1) is 11.6. The first-order valence-electron chi connectivity index (χ1n) is 7.90. The standard InChI is InChI=1S/C19H20FNO2S/c1-12(13-7-9-14(20)10-8-13)19(22)21-16-11-23-17-6-4-3-5-15(17)18(16)24-2/h3-10,12,16,18H,11H2,1-2H3,(H,21,22)/t12-,16?,18?/m0/s1. The van der Waals surface area contributed by atoms with Gasteiger partial charge in [-0.25, -0.2) is 4.39 Å². The molecule has 0 fully saturated rings. The Balaban J connectivity index is 1.73. The average Bonchev–Trinajstić information content (AvgIpc) is 2.61. The predicted molar refractivity (Wildman–Crippen MR) is 94.9 cm³/mol. The van der Waals surface area contributed by atoms with Crippen molar-refractivity contribution in [2.75, 3.05) is 12.9 Å². The summed E-state index contributed by atoms with van der Waals surface area (Å²) in [6, 6.07) is 13.9. The number of para-hydroxylation sites is 1. The van der Waals surface area contributed by atoms with Gasteiger partial charge in [0.05, 0.1) is 17.2 Å². The minimum atomic E-state index is -0.342. The fourth-order valence-corrected chi connectivity index (χ4v) is 3.87. The number of amides is 1. The van der Waals surface area contributed by atoms with E-state index < -0.39 is 0 Å². The Labute approximate surface area is 145 Å². The third-order valence-electron chi connectivity index (χ3n) is 4.35. The predicted octanol–water partition coefficient (Wildman–Crippen LogP) is 3.91. The van der Waals surface area contributed by atoms with Crippen LogP contribution >= 0.6 is 11.8 Å². The van der Waals surface area contributed by atoms with E-state index in [0.717, 1.165) is 16.9 Å². The maximum atomic E-state index is 13.0. The molecule has 0 saturated heterocycles. The van der Waals surface area contributed by atoms with Crippen molar-refractivity contribution in [3.63, 3.8) is 0 Å². The van der Waals surface area contributed by atoms with Gasteiger partial charge in [-0.3, -0.25) is 4.79 Å². The summed E-state index contributed by atoms with van der Waals surface area (Å²) >= 11 is 1.70. The number of hydrogen-bond acceptors (Lipinski definition) is 3. The summed E-state index contributed by atoms with van der Waals surface area (Å²) in [6.07, 6.45) is 2.04.